The van der Waals surface area contributed by atoms with Gasteiger partial charge in [0, 0.05) is 38.9 Å². The maximum absolute atomic E-state index is 12.2. The molecular formula is C22H25N3O3. The summed E-state index contributed by atoms with van der Waals surface area (Å²) in [5.41, 5.74) is 2.17. The number of hydrogen-bond acceptors (Lipinski definition) is 4. The van der Waals surface area contributed by atoms with Crippen LogP contribution in [0.4, 0.5) is 11.4 Å². The maximum Gasteiger partial charge on any atom is 0.249 e. The molecule has 1 aromatic rings. The van der Waals surface area contributed by atoms with Gasteiger partial charge in [-0.1, -0.05) is 11.8 Å². The summed E-state index contributed by atoms with van der Waals surface area (Å²) < 4.78 is 0. The standard InChI is InChI=1S/C22H25N3O3/c1-4-5-6-7-8-9-10-17-11-12-18(20(15-17)24(2)16-26)25(3)19-13-14-21(27)23-22(19)28/h1,11-12,15-16,19H,5-8,13-14H2,2-3H3,(H,23,27,28). The number of carbonyl (C=O) groups excluding carboxylic acids is 3. The quantitative estimate of drug-likeness (QED) is 0.341. The lowest BCUT2D eigenvalue weighted by Crippen LogP contribution is -2.51. The first-order valence-corrected chi connectivity index (χ1v) is 9.29. The molecule has 0 radical (unpaired) electrons. The Morgan fingerprint density at radius 2 is 1.96 bits per heavy atom. The summed E-state index contributed by atoms with van der Waals surface area (Å²) in [5, 5.41) is 2.37. The molecule has 1 aliphatic heterocycles. The van der Waals surface area contributed by atoms with Crippen molar-refractivity contribution in [3.05, 3.63) is 23.8 Å². The van der Waals surface area contributed by atoms with Crippen LogP contribution < -0.4 is 15.1 Å². The SMILES string of the molecule is C#CCCCCC#Cc1ccc(N(C)C2CCC(=O)NC2=O)c(N(C)C=O)c1. The van der Waals surface area contributed by atoms with Crippen molar-refractivity contribution in [2.24, 2.45) is 0 Å². The summed E-state index contributed by atoms with van der Waals surface area (Å²) in [6, 6.07) is 5.08. The fraction of sp³-hybridized carbons (Fsp3) is 0.409. The smallest absolute Gasteiger partial charge is 0.249 e. The first-order chi connectivity index (χ1) is 13.5. The molecule has 0 aromatic heterocycles. The molecule has 0 saturated carbocycles. The number of amides is 3. The van der Waals surface area contributed by atoms with E-state index >= 15 is 0 Å². The largest absolute Gasteiger partial charge is 0.361 e. The molecule has 28 heavy (non-hydrogen) atoms. The molecule has 1 fully saturated rings. The molecule has 6 nitrogen and oxygen atoms in total. The Kier molecular flexibility index (Phi) is 7.65. The number of nitrogens with one attached hydrogen (secondary N) is 1. The third-order valence-corrected chi connectivity index (χ3v) is 4.68. The fourth-order valence-electron chi connectivity index (χ4n) is 3.06. The molecule has 1 saturated heterocycles. The second kappa shape index (κ2) is 10.2. The van der Waals surface area contributed by atoms with E-state index in [0.29, 0.717) is 24.9 Å². The molecule has 0 bridgehead atoms. The molecule has 0 aliphatic carbocycles. The number of hydrogen-bond donors (Lipinski definition) is 1. The summed E-state index contributed by atoms with van der Waals surface area (Å²) in [6.45, 7) is 0. The number of nitrogens with zero attached hydrogens (tertiary/aromatic N) is 2. The van der Waals surface area contributed by atoms with E-state index in [1.165, 1.54) is 4.90 Å². The normalized spacial score (nSPS) is 15.7. The molecule has 3 amide bonds. The Morgan fingerprint density at radius 3 is 2.64 bits per heavy atom. The minimum Gasteiger partial charge on any atom is -0.361 e. The van der Waals surface area contributed by atoms with E-state index in [1.54, 1.807) is 19.0 Å². The van der Waals surface area contributed by atoms with Gasteiger partial charge < -0.3 is 9.80 Å². The van der Waals surface area contributed by atoms with Crippen molar-refractivity contribution in [2.45, 2.75) is 44.6 Å². The molecule has 1 aliphatic rings. The van der Waals surface area contributed by atoms with Crippen molar-refractivity contribution in [2.75, 3.05) is 23.9 Å². The highest BCUT2D eigenvalue weighted by atomic mass is 16.2. The van der Waals surface area contributed by atoms with Crippen LogP contribution >= 0.6 is 0 Å². The molecule has 1 heterocycles. The van der Waals surface area contributed by atoms with Gasteiger partial charge in [0.2, 0.25) is 18.2 Å². The van der Waals surface area contributed by atoms with E-state index in [1.807, 2.05) is 18.2 Å². The molecule has 1 N–H and O–H groups in total. The van der Waals surface area contributed by atoms with Crippen molar-refractivity contribution >= 4 is 29.6 Å². The van der Waals surface area contributed by atoms with Crippen molar-refractivity contribution < 1.29 is 14.4 Å². The van der Waals surface area contributed by atoms with Crippen LogP contribution in [0.1, 0.15) is 44.1 Å². The molecule has 146 valence electrons. The van der Waals surface area contributed by atoms with Crippen molar-refractivity contribution in [3.63, 3.8) is 0 Å². The van der Waals surface area contributed by atoms with Crippen molar-refractivity contribution in [3.8, 4) is 24.2 Å². The molecule has 2 rings (SSSR count). The zero-order valence-corrected chi connectivity index (χ0v) is 16.3. The Labute approximate surface area is 166 Å². The van der Waals surface area contributed by atoms with Gasteiger partial charge in [0.1, 0.15) is 6.04 Å². The number of likely N-dealkylation sites (N-methyl/N-ethyl adjacent to an activating group) is 1. The zero-order chi connectivity index (χ0) is 20.5. The topological polar surface area (TPSA) is 69.7 Å². The fourth-order valence-corrected chi connectivity index (χ4v) is 3.06. The molecule has 0 spiro atoms. The van der Waals surface area contributed by atoms with Crippen molar-refractivity contribution in [1.82, 2.24) is 5.32 Å². The van der Waals surface area contributed by atoms with E-state index < -0.39 is 6.04 Å². The number of rotatable bonds is 7. The van der Waals surface area contributed by atoms with Gasteiger partial charge in [-0.05, 0) is 37.5 Å². The van der Waals surface area contributed by atoms with Crippen LogP contribution in [0.15, 0.2) is 18.2 Å². The van der Waals surface area contributed by atoms with Gasteiger partial charge in [-0.25, -0.2) is 0 Å². The molecule has 1 unspecified atom stereocenters. The lowest BCUT2D eigenvalue weighted by atomic mass is 10.0. The average Bonchev–Trinajstić information content (AvgIpc) is 2.69. The lowest BCUT2D eigenvalue weighted by molar-refractivity contribution is -0.134. The van der Waals surface area contributed by atoms with Gasteiger partial charge in [0.25, 0.3) is 0 Å². The highest BCUT2D eigenvalue weighted by Crippen LogP contribution is 2.31. The predicted molar refractivity (Wildman–Crippen MR) is 110 cm³/mol. The summed E-state index contributed by atoms with van der Waals surface area (Å²) in [4.78, 5) is 38.2. The van der Waals surface area contributed by atoms with E-state index in [-0.39, 0.29) is 11.8 Å². The van der Waals surface area contributed by atoms with Crippen LogP contribution in [0.25, 0.3) is 0 Å². The van der Waals surface area contributed by atoms with Crippen LogP contribution in [-0.2, 0) is 14.4 Å². The number of benzene rings is 1. The summed E-state index contributed by atoms with van der Waals surface area (Å²) in [6.07, 6.45) is 10.1. The van der Waals surface area contributed by atoms with Crippen molar-refractivity contribution in [1.29, 1.82) is 0 Å². The monoisotopic (exact) mass is 379 g/mol. The van der Waals surface area contributed by atoms with Crippen LogP contribution in [0.3, 0.4) is 0 Å². The lowest BCUT2D eigenvalue weighted by Gasteiger charge is -2.33. The number of terminal acetylenes is 1. The van der Waals surface area contributed by atoms with E-state index in [2.05, 4.69) is 23.1 Å². The number of unbranched alkanes of at least 4 members (excludes halogenated alkanes) is 3. The predicted octanol–water partition coefficient (Wildman–Crippen LogP) is 2.07. The van der Waals surface area contributed by atoms with Gasteiger partial charge >= 0.3 is 0 Å². The summed E-state index contributed by atoms with van der Waals surface area (Å²) >= 11 is 0. The number of imide groups is 1. The molecular weight excluding hydrogens is 354 g/mol. The average molecular weight is 379 g/mol. The summed E-state index contributed by atoms with van der Waals surface area (Å²) in [5.74, 6) is 8.27. The summed E-state index contributed by atoms with van der Waals surface area (Å²) in [7, 11) is 3.44. The van der Waals surface area contributed by atoms with Gasteiger partial charge in [-0.2, -0.15) is 0 Å². The van der Waals surface area contributed by atoms with E-state index in [4.69, 9.17) is 6.42 Å². The zero-order valence-electron chi connectivity index (χ0n) is 16.3. The van der Waals surface area contributed by atoms with Crippen LogP contribution in [-0.4, -0.2) is 38.4 Å². The number of carbonyl (C=O) groups is 3. The van der Waals surface area contributed by atoms with E-state index in [9.17, 15) is 14.4 Å². The van der Waals surface area contributed by atoms with Crippen LogP contribution in [0, 0.1) is 24.2 Å². The van der Waals surface area contributed by atoms with Gasteiger partial charge in [-0.15, -0.1) is 12.3 Å². The Morgan fingerprint density at radius 1 is 1.21 bits per heavy atom. The second-order valence-electron chi connectivity index (χ2n) is 6.71. The highest BCUT2D eigenvalue weighted by molar-refractivity contribution is 6.02. The first kappa shape index (κ1) is 21.1. The van der Waals surface area contributed by atoms with Crippen LogP contribution in [0.5, 0.6) is 0 Å². The van der Waals surface area contributed by atoms with Crippen LogP contribution in [0.2, 0.25) is 0 Å². The first-order valence-electron chi connectivity index (χ1n) is 9.29. The number of anilines is 2. The minimum absolute atomic E-state index is 0.257. The Bertz CT molecular complexity index is 845. The van der Waals surface area contributed by atoms with E-state index in [0.717, 1.165) is 36.9 Å². The Hall–Kier alpha value is -3.25. The van der Waals surface area contributed by atoms with Gasteiger partial charge in [-0.3, -0.25) is 19.7 Å². The molecule has 6 heteroatoms. The third kappa shape index (κ3) is 5.37. The third-order valence-electron chi connectivity index (χ3n) is 4.68. The maximum atomic E-state index is 12.2. The van der Waals surface area contributed by atoms with Gasteiger partial charge in [0.15, 0.2) is 0 Å². The number of piperidine rings is 1. The minimum atomic E-state index is -0.468. The second-order valence-corrected chi connectivity index (χ2v) is 6.71. The Balaban J connectivity index is 2.21. The highest BCUT2D eigenvalue weighted by Gasteiger charge is 2.31. The van der Waals surface area contributed by atoms with Gasteiger partial charge in [0.05, 0.1) is 11.4 Å². The molecule has 1 atom stereocenters. The molecule has 1 aromatic carbocycles.